The zero-order chi connectivity index (χ0) is 12.1. The van der Waals surface area contributed by atoms with Gasteiger partial charge in [0.25, 0.3) is 0 Å². The summed E-state index contributed by atoms with van der Waals surface area (Å²) in [5.41, 5.74) is 1.21. The summed E-state index contributed by atoms with van der Waals surface area (Å²) in [6.45, 7) is 0. The molecule has 0 aromatic heterocycles. The van der Waals surface area contributed by atoms with Gasteiger partial charge in [0.1, 0.15) is 5.82 Å². The van der Waals surface area contributed by atoms with E-state index in [4.69, 9.17) is 11.6 Å². The van der Waals surface area contributed by atoms with Crippen LogP contribution >= 0.6 is 11.6 Å². The van der Waals surface area contributed by atoms with Gasteiger partial charge in [-0.2, -0.15) is 0 Å². The first-order valence-electron chi connectivity index (χ1n) is 6.60. The van der Waals surface area contributed by atoms with E-state index in [0.717, 1.165) is 18.2 Å². The zero-order valence-corrected chi connectivity index (χ0v) is 10.9. The lowest BCUT2D eigenvalue weighted by atomic mass is 9.78. The summed E-state index contributed by atoms with van der Waals surface area (Å²) in [7, 11) is 0. The molecule has 0 amide bonds. The molecule has 1 fully saturated rings. The summed E-state index contributed by atoms with van der Waals surface area (Å²) in [5.74, 6) is 1.89. The molecule has 94 valence electrons. The van der Waals surface area contributed by atoms with Crippen molar-refractivity contribution in [3.63, 3.8) is 0 Å². The van der Waals surface area contributed by atoms with Gasteiger partial charge >= 0.3 is 0 Å². The highest BCUT2D eigenvalue weighted by Gasteiger charge is 2.23. The monoisotopic (exact) mass is 254 g/mol. The van der Waals surface area contributed by atoms with E-state index in [-0.39, 0.29) is 5.82 Å². The van der Waals surface area contributed by atoms with Crippen LogP contribution in [-0.2, 0) is 6.42 Å². The van der Waals surface area contributed by atoms with E-state index in [2.05, 4.69) is 0 Å². The van der Waals surface area contributed by atoms with Crippen LogP contribution in [0.25, 0.3) is 0 Å². The average molecular weight is 255 g/mol. The van der Waals surface area contributed by atoms with E-state index in [9.17, 15) is 4.39 Å². The highest BCUT2D eigenvalue weighted by molar-refractivity contribution is 6.18. The molecule has 0 saturated heterocycles. The molecule has 1 unspecified atom stereocenters. The van der Waals surface area contributed by atoms with Crippen LogP contribution in [0.2, 0.25) is 0 Å². The number of hydrogen-bond acceptors (Lipinski definition) is 0. The van der Waals surface area contributed by atoms with E-state index in [1.165, 1.54) is 37.7 Å². The Labute approximate surface area is 108 Å². The number of alkyl halides is 1. The van der Waals surface area contributed by atoms with Crippen molar-refractivity contribution >= 4 is 11.6 Å². The molecule has 0 radical (unpaired) electrons. The van der Waals surface area contributed by atoms with Crippen molar-refractivity contribution in [1.82, 2.24) is 0 Å². The Morgan fingerprint density at radius 2 is 1.76 bits per heavy atom. The molecular formula is C15H20ClF. The smallest absolute Gasteiger partial charge is 0.123 e. The fraction of sp³-hybridized carbons (Fsp3) is 0.600. The van der Waals surface area contributed by atoms with Gasteiger partial charge in [0.15, 0.2) is 0 Å². The molecule has 0 N–H and O–H groups in total. The van der Waals surface area contributed by atoms with E-state index < -0.39 is 0 Å². The van der Waals surface area contributed by atoms with Crippen LogP contribution in [0.4, 0.5) is 4.39 Å². The Bertz CT molecular complexity index is 327. The lowest BCUT2D eigenvalue weighted by Crippen LogP contribution is -2.21. The topological polar surface area (TPSA) is 0 Å². The van der Waals surface area contributed by atoms with E-state index in [1.807, 2.05) is 12.1 Å². The maximum absolute atomic E-state index is 12.8. The molecule has 1 saturated carbocycles. The van der Waals surface area contributed by atoms with Crippen molar-refractivity contribution in [2.24, 2.45) is 11.8 Å². The van der Waals surface area contributed by atoms with Gasteiger partial charge in [0.2, 0.25) is 0 Å². The fourth-order valence-corrected chi connectivity index (χ4v) is 3.24. The van der Waals surface area contributed by atoms with Gasteiger partial charge in [-0.15, -0.1) is 11.6 Å². The van der Waals surface area contributed by atoms with E-state index in [1.54, 1.807) is 12.1 Å². The lowest BCUT2D eigenvalue weighted by molar-refractivity contribution is 0.265. The fourth-order valence-electron chi connectivity index (χ4n) is 2.88. The average Bonchev–Trinajstić information content (AvgIpc) is 2.39. The highest BCUT2D eigenvalue weighted by atomic mass is 35.5. The molecule has 0 nitrogen and oxygen atoms in total. The normalized spacial score (nSPS) is 19.2. The largest absolute Gasteiger partial charge is 0.207 e. The first-order chi connectivity index (χ1) is 8.29. The quantitative estimate of drug-likeness (QED) is 0.677. The summed E-state index contributed by atoms with van der Waals surface area (Å²) >= 11 is 6.11. The van der Waals surface area contributed by atoms with Crippen molar-refractivity contribution in [3.8, 4) is 0 Å². The molecule has 2 heteroatoms. The number of rotatable bonds is 4. The zero-order valence-electron chi connectivity index (χ0n) is 10.2. The molecule has 1 aliphatic rings. The second-order valence-electron chi connectivity index (χ2n) is 5.14. The Kier molecular flexibility index (Phi) is 4.85. The van der Waals surface area contributed by atoms with Crippen molar-refractivity contribution in [2.75, 3.05) is 5.88 Å². The van der Waals surface area contributed by atoms with Crippen molar-refractivity contribution in [2.45, 2.75) is 38.5 Å². The summed E-state index contributed by atoms with van der Waals surface area (Å²) < 4.78 is 12.8. The SMILES string of the molecule is Fc1ccc(CC(CCl)C2CCCCC2)cc1. The third kappa shape index (κ3) is 3.70. The van der Waals surface area contributed by atoms with Crippen LogP contribution in [0.5, 0.6) is 0 Å². The van der Waals surface area contributed by atoms with Crippen molar-refractivity contribution in [1.29, 1.82) is 0 Å². The minimum atomic E-state index is -0.158. The number of benzene rings is 1. The van der Waals surface area contributed by atoms with Gasteiger partial charge in [0.05, 0.1) is 0 Å². The molecule has 1 aliphatic carbocycles. The maximum Gasteiger partial charge on any atom is 0.123 e. The van der Waals surface area contributed by atoms with Gasteiger partial charge in [0, 0.05) is 5.88 Å². The Balaban J connectivity index is 1.96. The molecule has 17 heavy (non-hydrogen) atoms. The van der Waals surface area contributed by atoms with Crippen LogP contribution < -0.4 is 0 Å². The minimum absolute atomic E-state index is 0.158. The Morgan fingerprint density at radius 3 is 2.35 bits per heavy atom. The van der Waals surface area contributed by atoms with Gasteiger partial charge in [-0.3, -0.25) is 0 Å². The van der Waals surface area contributed by atoms with Gasteiger partial charge in [-0.05, 0) is 36.0 Å². The van der Waals surface area contributed by atoms with Crippen molar-refractivity contribution in [3.05, 3.63) is 35.6 Å². The van der Waals surface area contributed by atoms with Gasteiger partial charge in [-0.1, -0.05) is 44.2 Å². The Hall–Kier alpha value is -0.560. The van der Waals surface area contributed by atoms with Crippen LogP contribution in [0.3, 0.4) is 0 Å². The molecule has 1 atom stereocenters. The molecule has 1 aromatic rings. The molecule has 1 aromatic carbocycles. The third-order valence-electron chi connectivity index (χ3n) is 3.93. The van der Waals surface area contributed by atoms with Crippen LogP contribution in [0.15, 0.2) is 24.3 Å². The Morgan fingerprint density at radius 1 is 1.12 bits per heavy atom. The molecule has 2 rings (SSSR count). The summed E-state index contributed by atoms with van der Waals surface area (Å²) in [4.78, 5) is 0. The second-order valence-corrected chi connectivity index (χ2v) is 5.45. The standard InChI is InChI=1S/C15H20ClF/c16-11-14(13-4-2-1-3-5-13)10-12-6-8-15(17)9-7-12/h6-9,13-14H,1-5,10-11H2. The first-order valence-corrected chi connectivity index (χ1v) is 7.13. The van der Waals surface area contributed by atoms with E-state index >= 15 is 0 Å². The number of hydrogen-bond donors (Lipinski definition) is 0. The highest BCUT2D eigenvalue weighted by Crippen LogP contribution is 2.32. The molecule has 0 heterocycles. The molecular weight excluding hydrogens is 235 g/mol. The predicted molar refractivity (Wildman–Crippen MR) is 70.9 cm³/mol. The van der Waals surface area contributed by atoms with Crippen LogP contribution in [-0.4, -0.2) is 5.88 Å². The lowest BCUT2D eigenvalue weighted by Gasteiger charge is -2.29. The molecule has 0 spiro atoms. The van der Waals surface area contributed by atoms with Crippen LogP contribution in [0, 0.1) is 17.7 Å². The van der Waals surface area contributed by atoms with Crippen molar-refractivity contribution < 1.29 is 4.39 Å². The third-order valence-corrected chi connectivity index (χ3v) is 4.32. The number of halogens is 2. The summed E-state index contributed by atoms with van der Waals surface area (Å²) in [6.07, 6.45) is 7.70. The molecule has 0 aliphatic heterocycles. The van der Waals surface area contributed by atoms with Gasteiger partial charge in [-0.25, -0.2) is 4.39 Å². The first kappa shape index (κ1) is 12.9. The summed E-state index contributed by atoms with van der Waals surface area (Å²) in [6, 6.07) is 6.86. The second kappa shape index (κ2) is 6.39. The van der Waals surface area contributed by atoms with Crippen LogP contribution in [0.1, 0.15) is 37.7 Å². The van der Waals surface area contributed by atoms with E-state index in [0.29, 0.717) is 5.92 Å². The minimum Gasteiger partial charge on any atom is -0.207 e. The summed E-state index contributed by atoms with van der Waals surface area (Å²) in [5, 5.41) is 0. The maximum atomic E-state index is 12.8. The van der Waals surface area contributed by atoms with Gasteiger partial charge < -0.3 is 0 Å². The predicted octanol–water partition coefficient (Wildman–Crippen LogP) is 4.80. The molecule has 0 bridgehead atoms.